The molecule has 0 atom stereocenters. The number of ether oxygens (including phenoxy) is 1. The van der Waals surface area contributed by atoms with Crippen molar-refractivity contribution in [3.05, 3.63) is 27.7 Å². The molecule has 0 bridgehead atoms. The SMILES string of the molecule is COC(=O)c1c(C)nc2ccsc2c1Cl. The van der Waals surface area contributed by atoms with Crippen molar-refractivity contribution < 1.29 is 9.53 Å². The Morgan fingerprint density at radius 3 is 3.00 bits per heavy atom. The minimum absolute atomic E-state index is 0.356. The third-order valence-electron chi connectivity index (χ3n) is 2.10. The van der Waals surface area contributed by atoms with Crippen LogP contribution in [0.4, 0.5) is 0 Å². The Kier molecular flexibility index (Phi) is 2.63. The van der Waals surface area contributed by atoms with E-state index in [-0.39, 0.29) is 0 Å². The van der Waals surface area contributed by atoms with Gasteiger partial charge in [-0.2, -0.15) is 0 Å². The van der Waals surface area contributed by atoms with Gasteiger partial charge in [0.2, 0.25) is 0 Å². The summed E-state index contributed by atoms with van der Waals surface area (Å²) in [6, 6.07) is 1.87. The molecule has 0 aliphatic rings. The van der Waals surface area contributed by atoms with Gasteiger partial charge in [0.15, 0.2) is 0 Å². The lowest BCUT2D eigenvalue weighted by Gasteiger charge is -2.06. The molecule has 0 radical (unpaired) electrons. The van der Waals surface area contributed by atoms with Crippen molar-refractivity contribution >= 4 is 39.1 Å². The van der Waals surface area contributed by atoms with Crippen LogP contribution in [0.2, 0.25) is 5.02 Å². The van der Waals surface area contributed by atoms with Gasteiger partial charge in [-0.1, -0.05) is 11.6 Å². The Bertz CT molecular complexity index is 535. The molecule has 5 heteroatoms. The number of esters is 1. The zero-order valence-corrected chi connectivity index (χ0v) is 9.78. The van der Waals surface area contributed by atoms with Crippen LogP contribution in [0.25, 0.3) is 10.2 Å². The molecule has 2 aromatic rings. The van der Waals surface area contributed by atoms with E-state index < -0.39 is 5.97 Å². The molecular formula is C10H8ClNO2S. The van der Waals surface area contributed by atoms with Gasteiger partial charge in [0, 0.05) is 0 Å². The van der Waals surface area contributed by atoms with Crippen molar-refractivity contribution in [1.82, 2.24) is 4.98 Å². The monoisotopic (exact) mass is 241 g/mol. The number of hydrogen-bond acceptors (Lipinski definition) is 4. The fourth-order valence-corrected chi connectivity index (χ4v) is 2.62. The summed E-state index contributed by atoms with van der Waals surface area (Å²) in [5.41, 5.74) is 1.77. The van der Waals surface area contributed by atoms with Gasteiger partial charge in [0.25, 0.3) is 0 Å². The Labute approximate surface area is 95.6 Å². The van der Waals surface area contributed by atoms with E-state index in [9.17, 15) is 4.79 Å². The molecule has 0 aliphatic heterocycles. The number of rotatable bonds is 1. The number of halogens is 1. The Morgan fingerprint density at radius 1 is 1.60 bits per heavy atom. The zero-order chi connectivity index (χ0) is 11.0. The molecule has 3 nitrogen and oxygen atoms in total. The summed E-state index contributed by atoms with van der Waals surface area (Å²) in [6.07, 6.45) is 0. The third kappa shape index (κ3) is 1.60. The fraction of sp³-hybridized carbons (Fsp3) is 0.200. The maximum atomic E-state index is 11.5. The predicted molar refractivity (Wildman–Crippen MR) is 60.7 cm³/mol. The van der Waals surface area contributed by atoms with Crippen LogP contribution < -0.4 is 0 Å². The second-order valence-electron chi connectivity index (χ2n) is 3.01. The van der Waals surface area contributed by atoms with Gasteiger partial charge in [-0.25, -0.2) is 4.79 Å². The van der Waals surface area contributed by atoms with Gasteiger partial charge in [-0.15, -0.1) is 11.3 Å². The Morgan fingerprint density at radius 2 is 2.33 bits per heavy atom. The topological polar surface area (TPSA) is 39.2 Å². The second-order valence-corrected chi connectivity index (χ2v) is 4.31. The minimum Gasteiger partial charge on any atom is -0.465 e. The van der Waals surface area contributed by atoms with Crippen LogP contribution in [0.3, 0.4) is 0 Å². The Balaban J connectivity index is 2.78. The highest BCUT2D eigenvalue weighted by Crippen LogP contribution is 2.32. The van der Waals surface area contributed by atoms with Gasteiger partial charge < -0.3 is 4.74 Å². The average molecular weight is 242 g/mol. The van der Waals surface area contributed by atoms with E-state index in [1.807, 2.05) is 11.4 Å². The highest BCUT2D eigenvalue weighted by atomic mass is 35.5. The van der Waals surface area contributed by atoms with Crippen LogP contribution in [0, 0.1) is 6.92 Å². The number of methoxy groups -OCH3 is 1. The van der Waals surface area contributed by atoms with Crippen molar-refractivity contribution in [2.45, 2.75) is 6.92 Å². The van der Waals surface area contributed by atoms with Crippen molar-refractivity contribution in [2.24, 2.45) is 0 Å². The van der Waals surface area contributed by atoms with E-state index >= 15 is 0 Å². The molecule has 15 heavy (non-hydrogen) atoms. The maximum absolute atomic E-state index is 11.5. The van der Waals surface area contributed by atoms with E-state index in [0.29, 0.717) is 16.3 Å². The smallest absolute Gasteiger partial charge is 0.341 e. The van der Waals surface area contributed by atoms with E-state index in [1.54, 1.807) is 6.92 Å². The molecule has 0 aliphatic carbocycles. The highest BCUT2D eigenvalue weighted by Gasteiger charge is 2.18. The van der Waals surface area contributed by atoms with Crippen molar-refractivity contribution in [2.75, 3.05) is 7.11 Å². The van der Waals surface area contributed by atoms with Gasteiger partial charge in [0.05, 0.1) is 28.0 Å². The number of fused-ring (bicyclic) bond motifs is 1. The van der Waals surface area contributed by atoms with Gasteiger partial charge in [-0.3, -0.25) is 4.98 Å². The number of nitrogens with zero attached hydrogens (tertiary/aromatic N) is 1. The summed E-state index contributed by atoms with van der Waals surface area (Å²) in [6.45, 7) is 1.75. The summed E-state index contributed by atoms with van der Waals surface area (Å²) < 4.78 is 5.49. The van der Waals surface area contributed by atoms with Crippen LogP contribution in [0.5, 0.6) is 0 Å². The molecule has 0 N–H and O–H groups in total. The molecule has 0 aromatic carbocycles. The molecule has 0 unspecified atom stereocenters. The van der Waals surface area contributed by atoms with Crippen molar-refractivity contribution in [3.8, 4) is 0 Å². The number of aryl methyl sites for hydroxylation is 1. The second kappa shape index (κ2) is 3.79. The molecule has 0 amide bonds. The molecule has 2 aromatic heterocycles. The number of hydrogen-bond donors (Lipinski definition) is 0. The predicted octanol–water partition coefficient (Wildman–Crippen LogP) is 3.04. The van der Waals surface area contributed by atoms with Crippen LogP contribution >= 0.6 is 22.9 Å². The molecule has 0 spiro atoms. The number of pyridine rings is 1. The molecule has 0 fully saturated rings. The van der Waals surface area contributed by atoms with E-state index in [1.165, 1.54) is 18.4 Å². The number of carbonyl (C=O) groups is 1. The molecule has 0 saturated carbocycles. The lowest BCUT2D eigenvalue weighted by atomic mass is 10.2. The van der Waals surface area contributed by atoms with Gasteiger partial charge >= 0.3 is 5.97 Å². The molecule has 2 heterocycles. The summed E-state index contributed by atoms with van der Waals surface area (Å²) in [5.74, 6) is -0.444. The van der Waals surface area contributed by atoms with Crippen LogP contribution in [0.15, 0.2) is 11.4 Å². The first-order valence-corrected chi connectivity index (χ1v) is 5.52. The lowest BCUT2D eigenvalue weighted by molar-refractivity contribution is 0.0600. The van der Waals surface area contributed by atoms with E-state index in [4.69, 9.17) is 11.6 Å². The quantitative estimate of drug-likeness (QED) is 0.721. The minimum atomic E-state index is -0.444. The van der Waals surface area contributed by atoms with Crippen LogP contribution in [0.1, 0.15) is 16.1 Å². The summed E-state index contributed by atoms with van der Waals surface area (Å²) in [5, 5.41) is 2.32. The fourth-order valence-electron chi connectivity index (χ4n) is 1.40. The molecule has 2 rings (SSSR count). The first-order chi connectivity index (χ1) is 7.15. The molecular weight excluding hydrogens is 234 g/mol. The lowest BCUT2D eigenvalue weighted by Crippen LogP contribution is -2.06. The molecule has 78 valence electrons. The largest absolute Gasteiger partial charge is 0.465 e. The zero-order valence-electron chi connectivity index (χ0n) is 8.20. The summed E-state index contributed by atoms with van der Waals surface area (Å²) >= 11 is 7.59. The number of carbonyl (C=O) groups excluding carboxylic acids is 1. The summed E-state index contributed by atoms with van der Waals surface area (Å²) in [4.78, 5) is 15.8. The van der Waals surface area contributed by atoms with Gasteiger partial charge in [0.1, 0.15) is 5.56 Å². The van der Waals surface area contributed by atoms with Gasteiger partial charge in [-0.05, 0) is 18.4 Å². The number of aromatic nitrogens is 1. The Hall–Kier alpha value is -1.13. The van der Waals surface area contributed by atoms with Crippen LogP contribution in [-0.2, 0) is 4.74 Å². The summed E-state index contributed by atoms with van der Waals surface area (Å²) in [7, 11) is 1.33. The normalized spacial score (nSPS) is 10.6. The van der Waals surface area contributed by atoms with Crippen LogP contribution in [-0.4, -0.2) is 18.1 Å². The van der Waals surface area contributed by atoms with Crippen molar-refractivity contribution in [1.29, 1.82) is 0 Å². The molecule has 0 saturated heterocycles. The number of thiophene rings is 1. The third-order valence-corrected chi connectivity index (χ3v) is 3.51. The van der Waals surface area contributed by atoms with Crippen molar-refractivity contribution in [3.63, 3.8) is 0 Å². The van der Waals surface area contributed by atoms with E-state index in [0.717, 1.165) is 10.2 Å². The average Bonchev–Trinajstić information content (AvgIpc) is 2.65. The highest BCUT2D eigenvalue weighted by molar-refractivity contribution is 7.17. The maximum Gasteiger partial charge on any atom is 0.341 e. The van der Waals surface area contributed by atoms with E-state index in [2.05, 4.69) is 9.72 Å². The first kappa shape index (κ1) is 10.4. The first-order valence-electron chi connectivity index (χ1n) is 4.26. The standard InChI is InChI=1S/C10H8ClNO2S/c1-5-7(10(13)14-2)8(11)9-6(12-5)3-4-15-9/h3-4H,1-2H3.